The normalized spacial score (nSPS) is 7.83. The third kappa shape index (κ3) is 4.39. The highest BCUT2D eigenvalue weighted by atomic mass is 16.1. The first-order chi connectivity index (χ1) is 5.72. The molecule has 0 saturated carbocycles. The number of carbonyl (C=O) groups is 1. The van der Waals surface area contributed by atoms with Crippen molar-refractivity contribution in [2.45, 2.75) is 13.8 Å². The number of rotatable bonds is 1. The number of aromatic nitrogens is 1. The molecule has 0 bridgehead atoms. The first kappa shape index (κ1) is 10.6. The zero-order chi connectivity index (χ0) is 9.40. The van der Waals surface area contributed by atoms with Gasteiger partial charge in [0.2, 0.25) is 0 Å². The Hall–Kier alpha value is -1.44. The highest BCUT2D eigenvalue weighted by Crippen LogP contribution is 1.95. The summed E-state index contributed by atoms with van der Waals surface area (Å²) in [5, 5.41) is 0. The van der Waals surface area contributed by atoms with Crippen molar-refractivity contribution in [3.63, 3.8) is 0 Å². The molecule has 2 nitrogen and oxygen atoms in total. The molecule has 0 amide bonds. The van der Waals surface area contributed by atoms with Gasteiger partial charge >= 0.3 is 0 Å². The minimum absolute atomic E-state index is 0.0809. The van der Waals surface area contributed by atoms with E-state index in [1.54, 1.807) is 30.6 Å². The maximum absolute atomic E-state index is 10.6. The van der Waals surface area contributed by atoms with E-state index < -0.39 is 0 Å². The van der Waals surface area contributed by atoms with E-state index in [1.165, 1.54) is 6.92 Å². The maximum atomic E-state index is 10.6. The molecule has 0 saturated heterocycles. The van der Waals surface area contributed by atoms with Crippen molar-refractivity contribution in [3.8, 4) is 0 Å². The van der Waals surface area contributed by atoms with Gasteiger partial charge in [0.05, 0.1) is 0 Å². The van der Waals surface area contributed by atoms with Gasteiger partial charge in [0.15, 0.2) is 5.78 Å². The quantitative estimate of drug-likeness (QED) is 0.470. The number of hydrogen-bond donors (Lipinski definition) is 0. The first-order valence-corrected chi connectivity index (χ1v) is 3.70. The molecule has 0 atom stereocenters. The first-order valence-electron chi connectivity index (χ1n) is 3.70. The summed E-state index contributed by atoms with van der Waals surface area (Å²) in [5.41, 5.74) is 0.713. The average molecular weight is 163 g/mol. The molecule has 2 heteroatoms. The molecule has 0 fully saturated rings. The minimum atomic E-state index is 0.0809. The summed E-state index contributed by atoms with van der Waals surface area (Å²) in [6.45, 7) is 6.79. The summed E-state index contributed by atoms with van der Waals surface area (Å²) in [7, 11) is 0. The number of Topliss-reactive ketones (excluding diaryl/α,β-unsaturated/α-hetero) is 1. The highest BCUT2D eigenvalue weighted by molar-refractivity contribution is 5.93. The number of nitrogens with zero attached hydrogens (tertiary/aromatic N) is 1. The van der Waals surface area contributed by atoms with Crippen molar-refractivity contribution in [3.05, 3.63) is 42.7 Å². The van der Waals surface area contributed by atoms with E-state index in [0.29, 0.717) is 5.56 Å². The fourth-order valence-electron chi connectivity index (χ4n) is 0.587. The SMILES string of the molecule is C=CC.CC(=O)c1ccncc1. The summed E-state index contributed by atoms with van der Waals surface area (Å²) in [6, 6.07) is 3.39. The van der Waals surface area contributed by atoms with Gasteiger partial charge in [0, 0.05) is 18.0 Å². The Bertz CT molecular complexity index is 241. The predicted octanol–water partition coefficient (Wildman–Crippen LogP) is 2.48. The van der Waals surface area contributed by atoms with Gasteiger partial charge in [-0.3, -0.25) is 9.78 Å². The fourth-order valence-corrected chi connectivity index (χ4v) is 0.587. The lowest BCUT2D eigenvalue weighted by atomic mass is 10.2. The molecule has 0 aliphatic rings. The molecule has 1 aromatic heterocycles. The van der Waals surface area contributed by atoms with Crippen molar-refractivity contribution in [1.82, 2.24) is 4.98 Å². The lowest BCUT2D eigenvalue weighted by Gasteiger charge is -1.88. The molecule has 0 radical (unpaired) electrons. The van der Waals surface area contributed by atoms with Crippen LogP contribution in [0.15, 0.2) is 37.2 Å². The van der Waals surface area contributed by atoms with Crippen LogP contribution < -0.4 is 0 Å². The molecular formula is C10H13NO. The molecule has 0 N–H and O–H groups in total. The fraction of sp³-hybridized carbons (Fsp3) is 0.200. The molecule has 0 aliphatic heterocycles. The van der Waals surface area contributed by atoms with Crippen LogP contribution in [0.2, 0.25) is 0 Å². The Balaban J connectivity index is 0.000000354. The van der Waals surface area contributed by atoms with Crippen molar-refractivity contribution in [2.75, 3.05) is 0 Å². The zero-order valence-corrected chi connectivity index (χ0v) is 7.45. The molecule has 1 aromatic rings. The van der Waals surface area contributed by atoms with Crippen LogP contribution in [0.3, 0.4) is 0 Å². The predicted molar refractivity (Wildman–Crippen MR) is 50.1 cm³/mol. The Morgan fingerprint density at radius 3 is 2.17 bits per heavy atom. The molecule has 0 aromatic carbocycles. The van der Waals surface area contributed by atoms with Crippen molar-refractivity contribution in [2.24, 2.45) is 0 Å². The van der Waals surface area contributed by atoms with Crippen molar-refractivity contribution >= 4 is 5.78 Å². The van der Waals surface area contributed by atoms with Crippen molar-refractivity contribution in [1.29, 1.82) is 0 Å². The molecular weight excluding hydrogens is 150 g/mol. The van der Waals surface area contributed by atoms with Gasteiger partial charge in [0.1, 0.15) is 0 Å². The highest BCUT2D eigenvalue weighted by Gasteiger charge is 1.93. The van der Waals surface area contributed by atoms with E-state index in [2.05, 4.69) is 11.6 Å². The summed E-state index contributed by atoms with van der Waals surface area (Å²) in [6.07, 6.45) is 4.97. The van der Waals surface area contributed by atoms with E-state index in [4.69, 9.17) is 0 Å². The standard InChI is InChI=1S/C7H7NO.C3H6/c1-6(9)7-2-4-8-5-3-7;1-3-2/h2-5H,1H3;3H,1H2,2H3. The largest absolute Gasteiger partial charge is 0.295 e. The van der Waals surface area contributed by atoms with Gasteiger partial charge in [-0.05, 0) is 26.0 Å². The van der Waals surface area contributed by atoms with Crippen LogP contribution in [0.1, 0.15) is 24.2 Å². The number of carbonyl (C=O) groups excluding carboxylic acids is 1. The van der Waals surface area contributed by atoms with E-state index in [9.17, 15) is 4.79 Å². The van der Waals surface area contributed by atoms with Gasteiger partial charge in [-0.15, -0.1) is 6.58 Å². The number of hydrogen-bond acceptors (Lipinski definition) is 2. The van der Waals surface area contributed by atoms with Crippen LogP contribution in [0.25, 0.3) is 0 Å². The Kier molecular flexibility index (Phi) is 5.53. The zero-order valence-electron chi connectivity index (χ0n) is 7.45. The molecule has 1 heterocycles. The van der Waals surface area contributed by atoms with E-state index in [-0.39, 0.29) is 5.78 Å². The second kappa shape index (κ2) is 6.28. The maximum Gasteiger partial charge on any atom is 0.159 e. The molecule has 12 heavy (non-hydrogen) atoms. The van der Waals surface area contributed by atoms with Gasteiger partial charge in [-0.2, -0.15) is 0 Å². The van der Waals surface area contributed by atoms with E-state index >= 15 is 0 Å². The Labute approximate surface area is 73.0 Å². The number of pyridine rings is 1. The summed E-state index contributed by atoms with van der Waals surface area (Å²) >= 11 is 0. The third-order valence-corrected chi connectivity index (χ3v) is 1.09. The Morgan fingerprint density at radius 1 is 1.50 bits per heavy atom. The third-order valence-electron chi connectivity index (χ3n) is 1.09. The van der Waals surface area contributed by atoms with E-state index in [1.807, 2.05) is 6.92 Å². The van der Waals surface area contributed by atoms with Gasteiger partial charge in [-0.25, -0.2) is 0 Å². The molecule has 64 valence electrons. The topological polar surface area (TPSA) is 30.0 Å². The average Bonchev–Trinajstić information content (AvgIpc) is 2.07. The lowest BCUT2D eigenvalue weighted by Crippen LogP contribution is -1.89. The Morgan fingerprint density at radius 2 is 1.92 bits per heavy atom. The summed E-state index contributed by atoms with van der Waals surface area (Å²) < 4.78 is 0. The molecule has 0 aliphatic carbocycles. The van der Waals surface area contributed by atoms with Crippen LogP contribution >= 0.6 is 0 Å². The summed E-state index contributed by atoms with van der Waals surface area (Å²) in [4.78, 5) is 14.4. The second-order valence-corrected chi connectivity index (χ2v) is 2.20. The summed E-state index contributed by atoms with van der Waals surface area (Å²) in [5.74, 6) is 0.0809. The number of allylic oxidation sites excluding steroid dienone is 1. The van der Waals surface area contributed by atoms with Gasteiger partial charge < -0.3 is 0 Å². The van der Waals surface area contributed by atoms with Crippen LogP contribution in [-0.2, 0) is 0 Å². The lowest BCUT2D eigenvalue weighted by molar-refractivity contribution is 0.101. The molecule has 0 spiro atoms. The van der Waals surface area contributed by atoms with Crippen molar-refractivity contribution < 1.29 is 4.79 Å². The van der Waals surface area contributed by atoms with Gasteiger partial charge in [0.25, 0.3) is 0 Å². The molecule has 0 unspecified atom stereocenters. The van der Waals surface area contributed by atoms with Crippen LogP contribution in [0, 0.1) is 0 Å². The van der Waals surface area contributed by atoms with E-state index in [0.717, 1.165) is 0 Å². The monoisotopic (exact) mass is 163 g/mol. The van der Waals surface area contributed by atoms with Crippen LogP contribution in [-0.4, -0.2) is 10.8 Å². The smallest absolute Gasteiger partial charge is 0.159 e. The van der Waals surface area contributed by atoms with Crippen LogP contribution in [0.4, 0.5) is 0 Å². The van der Waals surface area contributed by atoms with Crippen LogP contribution in [0.5, 0.6) is 0 Å². The second-order valence-electron chi connectivity index (χ2n) is 2.20. The number of ketones is 1. The molecule has 1 rings (SSSR count). The van der Waals surface area contributed by atoms with Gasteiger partial charge in [-0.1, -0.05) is 6.08 Å². The minimum Gasteiger partial charge on any atom is -0.295 e.